The van der Waals surface area contributed by atoms with Gasteiger partial charge in [0, 0.05) is 18.1 Å². The second-order valence-corrected chi connectivity index (χ2v) is 9.36. The molecule has 1 aliphatic rings. The maximum atomic E-state index is 13.7. The number of halogens is 3. The van der Waals surface area contributed by atoms with Crippen LogP contribution in [0.15, 0.2) is 41.3 Å². The molecule has 0 saturated carbocycles. The van der Waals surface area contributed by atoms with Gasteiger partial charge in [-0.3, -0.25) is 4.79 Å². The number of nitrogens with zero attached hydrogens (tertiary/aromatic N) is 1. The summed E-state index contributed by atoms with van der Waals surface area (Å²) in [7, 11) is -2.72. The molecule has 0 aromatic heterocycles. The molecule has 0 spiro atoms. The number of anilines is 1. The number of hydrogen-bond donors (Lipinski definition) is 1. The first-order chi connectivity index (χ1) is 13.7. The number of amides is 1. The van der Waals surface area contributed by atoms with Gasteiger partial charge in [-0.2, -0.15) is 4.31 Å². The average molecular weight is 461 g/mol. The summed E-state index contributed by atoms with van der Waals surface area (Å²) < 4.78 is 46.0. The van der Waals surface area contributed by atoms with E-state index in [1.54, 1.807) is 12.1 Å². The predicted molar refractivity (Wildman–Crippen MR) is 110 cm³/mol. The summed E-state index contributed by atoms with van der Waals surface area (Å²) in [6.45, 7) is 0.201. The average Bonchev–Trinajstić information content (AvgIpc) is 2.70. The van der Waals surface area contributed by atoms with Crippen LogP contribution in [0.3, 0.4) is 0 Å². The maximum Gasteiger partial charge on any atom is 0.246 e. The Hall–Kier alpha value is -1.87. The number of hydrogen-bond acceptors (Lipinski definition) is 4. The van der Waals surface area contributed by atoms with Crippen LogP contribution < -0.4 is 10.1 Å². The van der Waals surface area contributed by atoms with Crippen molar-refractivity contribution in [1.82, 2.24) is 4.31 Å². The van der Waals surface area contributed by atoms with Gasteiger partial charge in [-0.25, -0.2) is 12.8 Å². The highest BCUT2D eigenvalue weighted by Gasteiger charge is 2.35. The first-order valence-electron chi connectivity index (χ1n) is 8.82. The van der Waals surface area contributed by atoms with E-state index in [1.165, 1.54) is 23.5 Å². The molecule has 6 nitrogen and oxygen atoms in total. The van der Waals surface area contributed by atoms with E-state index in [2.05, 4.69) is 5.32 Å². The third kappa shape index (κ3) is 4.83. The summed E-state index contributed by atoms with van der Waals surface area (Å²) in [4.78, 5) is 12.4. The quantitative estimate of drug-likeness (QED) is 0.725. The molecule has 1 heterocycles. The number of methoxy groups -OCH3 is 1. The Morgan fingerprint density at radius 2 is 2.00 bits per heavy atom. The molecule has 1 fully saturated rings. The summed E-state index contributed by atoms with van der Waals surface area (Å²) in [5, 5.41) is 3.44. The molecule has 1 amide bonds. The first-order valence-corrected chi connectivity index (χ1v) is 11.0. The van der Waals surface area contributed by atoms with Crippen molar-refractivity contribution in [2.75, 3.05) is 25.5 Å². The van der Waals surface area contributed by atoms with Gasteiger partial charge in [0.15, 0.2) is 0 Å². The molecule has 2 aromatic carbocycles. The van der Waals surface area contributed by atoms with E-state index >= 15 is 0 Å². The van der Waals surface area contributed by atoms with Crippen molar-refractivity contribution < 1.29 is 22.3 Å². The van der Waals surface area contributed by atoms with Gasteiger partial charge in [-0.05, 0) is 49.2 Å². The van der Waals surface area contributed by atoms with Gasteiger partial charge in [0.2, 0.25) is 15.9 Å². The van der Waals surface area contributed by atoms with Gasteiger partial charge >= 0.3 is 0 Å². The van der Waals surface area contributed by atoms with Crippen LogP contribution in [0.2, 0.25) is 10.0 Å². The third-order valence-corrected chi connectivity index (χ3v) is 7.12. The number of rotatable bonds is 5. The fraction of sp³-hybridized carbons (Fsp3) is 0.316. The van der Waals surface area contributed by atoms with Gasteiger partial charge in [-0.15, -0.1) is 0 Å². The predicted octanol–water partition coefficient (Wildman–Crippen LogP) is 4.18. The highest BCUT2D eigenvalue weighted by atomic mass is 35.5. The number of sulfonamides is 1. The standard InChI is InChI=1S/C19H19Cl2FN2O4S/c1-28-17-7-5-14(22)10-18(17)29(26,27)24-8-2-3-12(11-24)19(25)23-16-6-4-13(20)9-15(16)21/h4-7,9-10,12H,2-3,8,11H2,1H3,(H,23,25). The topological polar surface area (TPSA) is 75.7 Å². The van der Waals surface area contributed by atoms with E-state index in [0.29, 0.717) is 23.6 Å². The van der Waals surface area contributed by atoms with Crippen molar-refractivity contribution >= 4 is 44.8 Å². The monoisotopic (exact) mass is 460 g/mol. The Morgan fingerprint density at radius 1 is 1.24 bits per heavy atom. The molecule has 156 valence electrons. The summed E-state index contributed by atoms with van der Waals surface area (Å²) in [5.74, 6) is -1.57. The summed E-state index contributed by atoms with van der Waals surface area (Å²) in [5.41, 5.74) is 0.396. The molecule has 29 heavy (non-hydrogen) atoms. The second kappa shape index (κ2) is 8.87. The number of piperidine rings is 1. The largest absolute Gasteiger partial charge is 0.495 e. The fourth-order valence-corrected chi connectivity index (χ4v) is 5.34. The minimum atomic E-state index is -4.04. The van der Waals surface area contributed by atoms with Crippen molar-refractivity contribution in [1.29, 1.82) is 0 Å². The van der Waals surface area contributed by atoms with Gasteiger partial charge in [0.25, 0.3) is 0 Å². The van der Waals surface area contributed by atoms with E-state index in [0.717, 1.165) is 12.1 Å². The molecule has 2 aromatic rings. The number of benzene rings is 2. The maximum absolute atomic E-state index is 13.7. The number of carbonyl (C=O) groups is 1. The van der Waals surface area contributed by atoms with Crippen LogP contribution in [0.4, 0.5) is 10.1 Å². The lowest BCUT2D eigenvalue weighted by Crippen LogP contribution is -2.43. The Bertz CT molecular complexity index is 1030. The van der Waals surface area contributed by atoms with Crippen molar-refractivity contribution in [3.8, 4) is 5.75 Å². The molecule has 0 radical (unpaired) electrons. The zero-order valence-corrected chi connectivity index (χ0v) is 17.8. The van der Waals surface area contributed by atoms with E-state index < -0.39 is 21.8 Å². The van der Waals surface area contributed by atoms with Crippen molar-refractivity contribution in [3.63, 3.8) is 0 Å². The molecular formula is C19H19Cl2FN2O4S. The van der Waals surface area contributed by atoms with Crippen LogP contribution >= 0.6 is 23.2 Å². The van der Waals surface area contributed by atoms with Crippen LogP contribution in [0.25, 0.3) is 0 Å². The van der Waals surface area contributed by atoms with Crippen LogP contribution in [0.1, 0.15) is 12.8 Å². The zero-order chi connectivity index (χ0) is 21.2. The van der Waals surface area contributed by atoms with Gasteiger partial charge in [0.05, 0.1) is 23.7 Å². The Kier molecular flexibility index (Phi) is 6.68. The zero-order valence-electron chi connectivity index (χ0n) is 15.5. The second-order valence-electron chi connectivity index (χ2n) is 6.61. The van der Waals surface area contributed by atoms with Crippen LogP contribution in [0, 0.1) is 11.7 Å². The molecular weight excluding hydrogens is 442 g/mol. The van der Waals surface area contributed by atoms with Crippen LogP contribution in [0.5, 0.6) is 5.75 Å². The molecule has 1 N–H and O–H groups in total. The summed E-state index contributed by atoms with van der Waals surface area (Å²) in [6, 6.07) is 7.99. The first kappa shape index (κ1) is 21.8. The van der Waals surface area contributed by atoms with Gasteiger partial charge in [0.1, 0.15) is 16.5 Å². The molecule has 0 aliphatic carbocycles. The molecule has 0 bridgehead atoms. The van der Waals surface area contributed by atoms with E-state index in [4.69, 9.17) is 27.9 Å². The molecule has 3 rings (SSSR count). The Morgan fingerprint density at radius 3 is 2.69 bits per heavy atom. The van der Waals surface area contributed by atoms with Crippen LogP contribution in [-0.4, -0.2) is 38.8 Å². The minimum absolute atomic E-state index is 0.0287. The highest BCUT2D eigenvalue weighted by molar-refractivity contribution is 7.89. The molecule has 10 heteroatoms. The van der Waals surface area contributed by atoms with E-state index in [-0.39, 0.29) is 34.7 Å². The SMILES string of the molecule is COc1ccc(F)cc1S(=O)(=O)N1CCCC(C(=O)Nc2ccc(Cl)cc2Cl)C1. The Balaban J connectivity index is 1.79. The van der Waals surface area contributed by atoms with Crippen LogP contribution in [-0.2, 0) is 14.8 Å². The summed E-state index contributed by atoms with van der Waals surface area (Å²) >= 11 is 11.9. The van der Waals surface area contributed by atoms with Gasteiger partial charge < -0.3 is 10.1 Å². The highest BCUT2D eigenvalue weighted by Crippen LogP contribution is 2.31. The van der Waals surface area contributed by atoms with Gasteiger partial charge in [-0.1, -0.05) is 23.2 Å². The van der Waals surface area contributed by atoms with Crippen molar-refractivity contribution in [2.45, 2.75) is 17.7 Å². The number of nitrogens with one attached hydrogen (secondary N) is 1. The molecule has 1 atom stereocenters. The lowest BCUT2D eigenvalue weighted by Gasteiger charge is -2.31. The van der Waals surface area contributed by atoms with E-state index in [1.807, 2.05) is 0 Å². The molecule has 1 aliphatic heterocycles. The molecule has 1 saturated heterocycles. The van der Waals surface area contributed by atoms with Crippen molar-refractivity contribution in [2.24, 2.45) is 5.92 Å². The summed E-state index contributed by atoms with van der Waals surface area (Å²) in [6.07, 6.45) is 1.01. The van der Waals surface area contributed by atoms with E-state index in [9.17, 15) is 17.6 Å². The number of ether oxygens (including phenoxy) is 1. The Labute approximate surface area is 178 Å². The normalized spacial score (nSPS) is 17.7. The smallest absolute Gasteiger partial charge is 0.246 e. The lowest BCUT2D eigenvalue weighted by molar-refractivity contribution is -0.120. The number of carbonyl (C=O) groups excluding carboxylic acids is 1. The van der Waals surface area contributed by atoms with Crippen molar-refractivity contribution in [3.05, 3.63) is 52.3 Å². The lowest BCUT2D eigenvalue weighted by atomic mass is 9.99. The fourth-order valence-electron chi connectivity index (χ4n) is 3.19. The minimum Gasteiger partial charge on any atom is -0.495 e. The molecule has 1 unspecified atom stereocenters. The third-order valence-electron chi connectivity index (χ3n) is 4.69.